The number of aromatic nitrogens is 5. The number of aryl methyl sites for hydroxylation is 1. The van der Waals surface area contributed by atoms with Crippen LogP contribution in [-0.4, -0.2) is 30.8 Å². The van der Waals surface area contributed by atoms with Crippen LogP contribution in [0.15, 0.2) is 91.8 Å². The average Bonchev–Trinajstić information content (AvgIpc) is 2.97. The standard InChI is InChI=1S/C30H24N8O/c1-19-10-24(14-32-13-19)30(39)37-26-5-3-4-23(11-26)20(2)36-29-18-33-17-27(38-29)22-8-6-21(7-9-22)25-15-34-28(12-31)35-16-25/h3-11,13-18,20H,1-2H3,(H,36,38)(H,37,39)/t20-/m0/s1. The summed E-state index contributed by atoms with van der Waals surface area (Å²) in [6, 6.07) is 19.1. The summed E-state index contributed by atoms with van der Waals surface area (Å²) in [5.74, 6) is 0.561. The van der Waals surface area contributed by atoms with Crippen molar-refractivity contribution >= 4 is 17.4 Å². The van der Waals surface area contributed by atoms with E-state index in [0.29, 0.717) is 17.1 Å². The molecule has 5 rings (SSSR count). The summed E-state index contributed by atoms with van der Waals surface area (Å²) in [5.41, 5.74) is 6.51. The summed E-state index contributed by atoms with van der Waals surface area (Å²) in [7, 11) is 0. The maximum Gasteiger partial charge on any atom is 0.257 e. The molecule has 3 aromatic heterocycles. The molecule has 0 fully saturated rings. The highest BCUT2D eigenvalue weighted by Gasteiger charge is 2.11. The maximum atomic E-state index is 12.6. The number of hydrogen-bond donors (Lipinski definition) is 2. The van der Waals surface area contributed by atoms with Crippen LogP contribution in [0, 0.1) is 18.3 Å². The van der Waals surface area contributed by atoms with E-state index < -0.39 is 0 Å². The van der Waals surface area contributed by atoms with Gasteiger partial charge in [-0.3, -0.25) is 14.8 Å². The van der Waals surface area contributed by atoms with Crippen molar-refractivity contribution in [2.45, 2.75) is 19.9 Å². The number of benzene rings is 2. The lowest BCUT2D eigenvalue weighted by molar-refractivity contribution is 0.102. The molecule has 1 atom stereocenters. The first-order valence-corrected chi connectivity index (χ1v) is 12.2. The van der Waals surface area contributed by atoms with Gasteiger partial charge < -0.3 is 10.6 Å². The summed E-state index contributed by atoms with van der Waals surface area (Å²) >= 11 is 0. The maximum absolute atomic E-state index is 12.6. The number of rotatable bonds is 7. The van der Waals surface area contributed by atoms with Crippen molar-refractivity contribution < 1.29 is 4.79 Å². The van der Waals surface area contributed by atoms with E-state index in [2.05, 4.69) is 30.6 Å². The Bertz CT molecular complexity index is 1660. The van der Waals surface area contributed by atoms with Gasteiger partial charge in [0.15, 0.2) is 0 Å². The normalized spacial score (nSPS) is 11.3. The molecule has 1 amide bonds. The highest BCUT2D eigenvalue weighted by atomic mass is 16.1. The van der Waals surface area contributed by atoms with Crippen LogP contribution >= 0.6 is 0 Å². The van der Waals surface area contributed by atoms with Gasteiger partial charge >= 0.3 is 0 Å². The molecule has 9 nitrogen and oxygen atoms in total. The SMILES string of the molecule is Cc1cncc(C(=O)Nc2cccc([C@H](C)Nc3cncc(-c4ccc(-c5cnc(C#N)nc5)cc4)n3)c2)c1. The van der Waals surface area contributed by atoms with Crippen LogP contribution in [0.5, 0.6) is 0 Å². The first-order valence-electron chi connectivity index (χ1n) is 12.2. The Morgan fingerprint density at radius 2 is 1.62 bits per heavy atom. The van der Waals surface area contributed by atoms with Crippen LogP contribution in [0.2, 0.25) is 0 Å². The molecule has 0 bridgehead atoms. The summed E-state index contributed by atoms with van der Waals surface area (Å²) in [6.07, 6.45) is 9.92. The number of carbonyl (C=O) groups excluding carboxylic acids is 1. The predicted molar refractivity (Wildman–Crippen MR) is 149 cm³/mol. The number of pyridine rings is 1. The lowest BCUT2D eigenvalue weighted by Gasteiger charge is -2.16. The third-order valence-corrected chi connectivity index (χ3v) is 6.05. The molecule has 39 heavy (non-hydrogen) atoms. The van der Waals surface area contributed by atoms with Crippen LogP contribution in [-0.2, 0) is 0 Å². The highest BCUT2D eigenvalue weighted by Crippen LogP contribution is 2.25. The van der Waals surface area contributed by atoms with E-state index in [1.165, 1.54) is 0 Å². The predicted octanol–water partition coefficient (Wildman–Crippen LogP) is 5.60. The first-order chi connectivity index (χ1) is 19.0. The third kappa shape index (κ3) is 6.09. The van der Waals surface area contributed by atoms with Crippen molar-refractivity contribution in [3.8, 4) is 28.5 Å². The number of anilines is 2. The van der Waals surface area contributed by atoms with Crippen molar-refractivity contribution in [1.82, 2.24) is 24.9 Å². The van der Waals surface area contributed by atoms with Crippen molar-refractivity contribution in [3.63, 3.8) is 0 Å². The van der Waals surface area contributed by atoms with Gasteiger partial charge in [0.05, 0.1) is 29.7 Å². The molecule has 3 heterocycles. The molecular weight excluding hydrogens is 488 g/mol. The number of amides is 1. The zero-order valence-corrected chi connectivity index (χ0v) is 21.3. The molecule has 190 valence electrons. The first kappa shape index (κ1) is 25.2. The topological polar surface area (TPSA) is 129 Å². The Kier molecular flexibility index (Phi) is 7.28. The fraction of sp³-hybridized carbons (Fsp3) is 0.100. The minimum absolute atomic E-state index is 0.0919. The quantitative estimate of drug-likeness (QED) is 0.288. The number of nitrogens with one attached hydrogen (secondary N) is 2. The lowest BCUT2D eigenvalue weighted by Crippen LogP contribution is -2.13. The van der Waals surface area contributed by atoms with Gasteiger partial charge in [0.1, 0.15) is 11.9 Å². The largest absolute Gasteiger partial charge is 0.362 e. The average molecular weight is 513 g/mol. The van der Waals surface area contributed by atoms with E-state index >= 15 is 0 Å². The van der Waals surface area contributed by atoms with Crippen molar-refractivity contribution in [2.24, 2.45) is 0 Å². The van der Waals surface area contributed by atoms with E-state index in [1.54, 1.807) is 43.2 Å². The van der Waals surface area contributed by atoms with Gasteiger partial charge in [-0.15, -0.1) is 0 Å². The lowest BCUT2D eigenvalue weighted by atomic mass is 10.1. The molecule has 5 aromatic rings. The minimum Gasteiger partial charge on any atom is -0.362 e. The summed E-state index contributed by atoms with van der Waals surface area (Å²) in [4.78, 5) is 33.9. The molecule has 0 aliphatic carbocycles. The molecule has 0 spiro atoms. The fourth-order valence-electron chi connectivity index (χ4n) is 4.02. The molecule has 0 aliphatic rings. The number of hydrogen-bond acceptors (Lipinski definition) is 8. The van der Waals surface area contributed by atoms with Gasteiger partial charge in [-0.2, -0.15) is 5.26 Å². The number of nitrogens with zero attached hydrogens (tertiary/aromatic N) is 6. The Balaban J connectivity index is 1.27. The van der Waals surface area contributed by atoms with Crippen molar-refractivity contribution in [3.05, 3.63) is 114 Å². The van der Waals surface area contributed by atoms with Gasteiger partial charge in [0.25, 0.3) is 5.91 Å². The number of nitriles is 1. The number of carbonyl (C=O) groups is 1. The highest BCUT2D eigenvalue weighted by molar-refractivity contribution is 6.04. The van der Waals surface area contributed by atoms with Crippen molar-refractivity contribution in [1.29, 1.82) is 5.26 Å². The molecule has 0 radical (unpaired) electrons. The molecule has 2 aromatic carbocycles. The van der Waals surface area contributed by atoms with E-state index in [4.69, 9.17) is 10.2 Å². The van der Waals surface area contributed by atoms with Gasteiger partial charge in [0, 0.05) is 41.6 Å². The minimum atomic E-state index is -0.208. The Morgan fingerprint density at radius 1 is 0.872 bits per heavy atom. The van der Waals surface area contributed by atoms with Gasteiger partial charge in [0.2, 0.25) is 5.82 Å². The fourth-order valence-corrected chi connectivity index (χ4v) is 4.02. The Morgan fingerprint density at radius 3 is 2.36 bits per heavy atom. The zero-order valence-electron chi connectivity index (χ0n) is 21.3. The van der Waals surface area contributed by atoms with E-state index in [-0.39, 0.29) is 17.8 Å². The van der Waals surface area contributed by atoms with Gasteiger partial charge in [-0.05, 0) is 48.7 Å². The summed E-state index contributed by atoms with van der Waals surface area (Å²) in [5, 5.41) is 15.2. The second-order valence-corrected chi connectivity index (χ2v) is 8.97. The third-order valence-electron chi connectivity index (χ3n) is 6.05. The van der Waals surface area contributed by atoms with Crippen LogP contribution < -0.4 is 10.6 Å². The molecule has 0 saturated carbocycles. The zero-order chi connectivity index (χ0) is 27.2. The molecule has 9 heteroatoms. The second kappa shape index (κ2) is 11.3. The molecule has 2 N–H and O–H groups in total. The molecule has 0 unspecified atom stereocenters. The molecular formula is C30H24N8O. The van der Waals surface area contributed by atoms with Gasteiger partial charge in [-0.25, -0.2) is 15.0 Å². The Labute approximate surface area is 225 Å². The van der Waals surface area contributed by atoms with Crippen LogP contribution in [0.25, 0.3) is 22.4 Å². The van der Waals surface area contributed by atoms with Crippen LogP contribution in [0.1, 0.15) is 40.3 Å². The van der Waals surface area contributed by atoms with Gasteiger partial charge in [-0.1, -0.05) is 36.4 Å². The Hall–Kier alpha value is -5.49. The molecule has 0 saturated heterocycles. The van der Waals surface area contributed by atoms with E-state index in [9.17, 15) is 4.79 Å². The van der Waals surface area contributed by atoms with E-state index in [1.807, 2.05) is 68.4 Å². The monoisotopic (exact) mass is 512 g/mol. The van der Waals surface area contributed by atoms with Crippen LogP contribution in [0.4, 0.5) is 11.5 Å². The molecule has 0 aliphatic heterocycles. The van der Waals surface area contributed by atoms with E-state index in [0.717, 1.165) is 33.5 Å². The van der Waals surface area contributed by atoms with Crippen LogP contribution in [0.3, 0.4) is 0 Å². The smallest absolute Gasteiger partial charge is 0.257 e. The van der Waals surface area contributed by atoms with Crippen molar-refractivity contribution in [2.75, 3.05) is 10.6 Å². The summed E-state index contributed by atoms with van der Waals surface area (Å²) < 4.78 is 0. The second-order valence-electron chi connectivity index (χ2n) is 8.97. The summed E-state index contributed by atoms with van der Waals surface area (Å²) in [6.45, 7) is 3.92.